The van der Waals surface area contributed by atoms with E-state index in [9.17, 15) is 4.79 Å². The molecule has 0 amide bonds. The zero-order valence-electron chi connectivity index (χ0n) is 17.0. The highest BCUT2D eigenvalue weighted by Gasteiger charge is 2.18. The van der Waals surface area contributed by atoms with E-state index < -0.39 is 0 Å². The van der Waals surface area contributed by atoms with Crippen LogP contribution in [-0.4, -0.2) is 24.3 Å². The van der Waals surface area contributed by atoms with Gasteiger partial charge in [-0.3, -0.25) is 0 Å². The number of thioether (sulfide) groups is 1. The molecule has 0 atom stereocenters. The fraction of sp³-hybridized carbons (Fsp3) is 0.130. The summed E-state index contributed by atoms with van der Waals surface area (Å²) in [6.07, 6.45) is 1.99. The van der Waals surface area contributed by atoms with Crippen molar-refractivity contribution >= 4 is 51.2 Å². The number of esters is 1. The van der Waals surface area contributed by atoms with E-state index in [2.05, 4.69) is 5.32 Å². The van der Waals surface area contributed by atoms with Crippen LogP contribution in [0.4, 0.5) is 10.8 Å². The maximum atomic E-state index is 11.9. The molecule has 0 aliphatic rings. The summed E-state index contributed by atoms with van der Waals surface area (Å²) < 4.78 is 11.7. The molecule has 31 heavy (non-hydrogen) atoms. The normalized spacial score (nSPS) is 10.6. The van der Waals surface area contributed by atoms with Gasteiger partial charge < -0.3 is 14.8 Å². The van der Waals surface area contributed by atoms with Crippen molar-refractivity contribution < 1.29 is 14.3 Å². The average molecular weight is 469 g/mol. The van der Waals surface area contributed by atoms with Crippen LogP contribution in [0.25, 0.3) is 11.3 Å². The molecule has 0 unspecified atom stereocenters. The van der Waals surface area contributed by atoms with Crippen molar-refractivity contribution in [1.29, 1.82) is 0 Å². The number of nitrogens with zero attached hydrogens (tertiary/aromatic N) is 1. The van der Waals surface area contributed by atoms with Gasteiger partial charge >= 0.3 is 5.97 Å². The standard InChI is InChI=1S/C23H20N2O3S3/c1-27-21(26)20-12-18(22(29-2)31-20)19-14-30-23(25-19)24-16-8-10-17(11-9-16)28-13-15-6-4-3-5-7-15/h3-12,14H,13H2,1-2H3,(H,24,25). The highest BCUT2D eigenvalue weighted by atomic mass is 32.2. The summed E-state index contributed by atoms with van der Waals surface area (Å²) in [6, 6.07) is 19.7. The number of carbonyl (C=O) groups excluding carboxylic acids is 1. The molecule has 1 N–H and O–H groups in total. The molecule has 0 aliphatic heterocycles. The van der Waals surface area contributed by atoms with Gasteiger partial charge in [0.1, 0.15) is 17.2 Å². The van der Waals surface area contributed by atoms with Crippen LogP contribution in [0, 0.1) is 0 Å². The molecular formula is C23H20N2O3S3. The fourth-order valence-corrected chi connectivity index (χ4v) is 5.39. The summed E-state index contributed by atoms with van der Waals surface area (Å²) in [5.41, 5.74) is 3.85. The Bertz CT molecular complexity index is 1150. The van der Waals surface area contributed by atoms with Gasteiger partial charge in [-0.05, 0) is 42.2 Å². The van der Waals surface area contributed by atoms with Gasteiger partial charge in [-0.2, -0.15) is 0 Å². The molecule has 2 aromatic heterocycles. The van der Waals surface area contributed by atoms with E-state index in [0.717, 1.165) is 37.6 Å². The number of anilines is 2. The van der Waals surface area contributed by atoms with E-state index in [1.165, 1.54) is 29.8 Å². The lowest BCUT2D eigenvalue weighted by Gasteiger charge is -2.08. The minimum absolute atomic E-state index is 0.324. The van der Waals surface area contributed by atoms with E-state index in [1.807, 2.05) is 72.3 Å². The molecule has 0 saturated carbocycles. The van der Waals surface area contributed by atoms with Gasteiger partial charge in [0.2, 0.25) is 0 Å². The van der Waals surface area contributed by atoms with Gasteiger partial charge in [-0.15, -0.1) is 34.4 Å². The van der Waals surface area contributed by atoms with Gasteiger partial charge in [-0.1, -0.05) is 30.3 Å². The van der Waals surface area contributed by atoms with Gasteiger partial charge in [0.05, 0.1) is 17.0 Å². The first-order chi connectivity index (χ1) is 15.2. The Kier molecular flexibility index (Phi) is 6.91. The van der Waals surface area contributed by atoms with Crippen LogP contribution < -0.4 is 10.1 Å². The molecule has 0 fully saturated rings. The Morgan fingerprint density at radius 1 is 1.13 bits per heavy atom. The Hall–Kier alpha value is -2.81. The maximum Gasteiger partial charge on any atom is 0.348 e. The smallest absolute Gasteiger partial charge is 0.348 e. The molecule has 5 nitrogen and oxygen atoms in total. The van der Waals surface area contributed by atoms with Crippen LogP contribution in [0.15, 0.2) is 70.3 Å². The second-order valence-corrected chi connectivity index (χ2v) is 9.45. The minimum atomic E-state index is -0.324. The van der Waals surface area contributed by atoms with Crippen molar-refractivity contribution in [2.24, 2.45) is 0 Å². The van der Waals surface area contributed by atoms with Crippen LogP contribution in [0.5, 0.6) is 5.75 Å². The second-order valence-electron chi connectivity index (χ2n) is 6.47. The molecule has 158 valence electrons. The van der Waals surface area contributed by atoms with Crippen molar-refractivity contribution in [1.82, 2.24) is 4.98 Å². The molecule has 4 aromatic rings. The number of carbonyl (C=O) groups is 1. The number of thiophene rings is 1. The topological polar surface area (TPSA) is 60.5 Å². The molecule has 0 aliphatic carbocycles. The van der Waals surface area contributed by atoms with Crippen LogP contribution in [0.1, 0.15) is 15.2 Å². The number of benzene rings is 2. The van der Waals surface area contributed by atoms with Crippen molar-refractivity contribution in [2.45, 2.75) is 10.8 Å². The SMILES string of the molecule is COC(=O)c1cc(-c2csc(Nc3ccc(OCc4ccccc4)cc3)n2)c(SC)s1. The average Bonchev–Trinajstić information content (AvgIpc) is 3.45. The quantitative estimate of drug-likeness (QED) is 0.229. The van der Waals surface area contributed by atoms with Crippen molar-refractivity contribution in [2.75, 3.05) is 18.7 Å². The predicted molar refractivity (Wildman–Crippen MR) is 129 cm³/mol. The summed E-state index contributed by atoms with van der Waals surface area (Å²) >= 11 is 4.54. The minimum Gasteiger partial charge on any atom is -0.489 e. The van der Waals surface area contributed by atoms with Crippen molar-refractivity contribution in [3.63, 3.8) is 0 Å². The highest BCUT2D eigenvalue weighted by molar-refractivity contribution is 8.00. The van der Waals surface area contributed by atoms with E-state index in [4.69, 9.17) is 14.5 Å². The second kappa shape index (κ2) is 10.00. The van der Waals surface area contributed by atoms with Crippen molar-refractivity contribution in [3.8, 4) is 17.0 Å². The molecule has 0 spiro atoms. The van der Waals surface area contributed by atoms with Gasteiger partial charge in [0.15, 0.2) is 5.13 Å². The number of ether oxygens (including phenoxy) is 2. The zero-order chi connectivity index (χ0) is 21.6. The lowest BCUT2D eigenvalue weighted by molar-refractivity contribution is 0.0606. The summed E-state index contributed by atoms with van der Waals surface area (Å²) in [6.45, 7) is 0.537. The maximum absolute atomic E-state index is 11.9. The fourth-order valence-electron chi connectivity index (χ4n) is 2.86. The highest BCUT2D eigenvalue weighted by Crippen LogP contribution is 2.39. The number of aromatic nitrogens is 1. The van der Waals surface area contributed by atoms with E-state index in [1.54, 1.807) is 11.8 Å². The Labute approximate surface area is 193 Å². The Morgan fingerprint density at radius 3 is 2.61 bits per heavy atom. The lowest BCUT2D eigenvalue weighted by Crippen LogP contribution is -1.96. The summed E-state index contributed by atoms with van der Waals surface area (Å²) in [5, 5.41) is 6.10. The number of nitrogens with one attached hydrogen (secondary N) is 1. The summed E-state index contributed by atoms with van der Waals surface area (Å²) in [7, 11) is 1.39. The monoisotopic (exact) mass is 468 g/mol. The number of methoxy groups -OCH3 is 1. The van der Waals surface area contributed by atoms with E-state index >= 15 is 0 Å². The predicted octanol–water partition coefficient (Wildman–Crippen LogP) is 6.70. The van der Waals surface area contributed by atoms with Gasteiger partial charge in [-0.25, -0.2) is 9.78 Å². The molecule has 0 bridgehead atoms. The lowest BCUT2D eigenvalue weighted by atomic mass is 10.2. The third-order valence-electron chi connectivity index (χ3n) is 4.40. The first-order valence-electron chi connectivity index (χ1n) is 9.42. The molecule has 2 aromatic carbocycles. The zero-order valence-corrected chi connectivity index (χ0v) is 19.4. The van der Waals surface area contributed by atoms with Gasteiger partial charge in [0.25, 0.3) is 0 Å². The van der Waals surface area contributed by atoms with Crippen LogP contribution >= 0.6 is 34.4 Å². The third kappa shape index (κ3) is 5.28. The van der Waals surface area contributed by atoms with Crippen LogP contribution in [-0.2, 0) is 11.3 Å². The Balaban J connectivity index is 1.42. The summed E-state index contributed by atoms with van der Waals surface area (Å²) in [4.78, 5) is 17.1. The number of thiazole rings is 1. The molecule has 0 radical (unpaired) electrons. The molecular weight excluding hydrogens is 448 g/mol. The largest absolute Gasteiger partial charge is 0.489 e. The molecule has 4 rings (SSSR count). The number of rotatable bonds is 8. The molecule has 0 saturated heterocycles. The van der Waals surface area contributed by atoms with E-state index in [-0.39, 0.29) is 5.97 Å². The Morgan fingerprint density at radius 2 is 1.90 bits per heavy atom. The van der Waals surface area contributed by atoms with Crippen LogP contribution in [0.2, 0.25) is 0 Å². The third-order valence-corrected chi connectivity index (χ3v) is 7.41. The van der Waals surface area contributed by atoms with E-state index in [0.29, 0.717) is 11.5 Å². The van der Waals surface area contributed by atoms with Crippen molar-refractivity contribution in [3.05, 3.63) is 76.5 Å². The summed E-state index contributed by atoms with van der Waals surface area (Å²) in [5.74, 6) is 0.488. The number of hydrogen-bond donors (Lipinski definition) is 1. The number of hydrogen-bond acceptors (Lipinski definition) is 8. The first kappa shape index (κ1) is 21.4. The van der Waals surface area contributed by atoms with Gasteiger partial charge in [0, 0.05) is 16.6 Å². The van der Waals surface area contributed by atoms with Crippen LogP contribution in [0.3, 0.4) is 0 Å². The first-order valence-corrected chi connectivity index (χ1v) is 12.3. The molecule has 8 heteroatoms. The molecule has 2 heterocycles.